The van der Waals surface area contributed by atoms with Gasteiger partial charge in [-0.1, -0.05) is 11.6 Å². The topological polar surface area (TPSA) is 66.4 Å². The molecule has 0 amide bonds. The van der Waals surface area contributed by atoms with Crippen LogP contribution in [0.25, 0.3) is 0 Å². The highest BCUT2D eigenvalue weighted by Gasteiger charge is 2.46. The Kier molecular flexibility index (Phi) is 3.79. The van der Waals surface area contributed by atoms with Crippen molar-refractivity contribution < 1.29 is 26.7 Å². The van der Waals surface area contributed by atoms with Crippen LogP contribution in [0.4, 0.5) is 13.2 Å². The van der Waals surface area contributed by atoms with E-state index in [1.54, 1.807) is 0 Å². The minimum atomic E-state index is -4.74. The first-order valence-corrected chi connectivity index (χ1v) is 7.47. The van der Waals surface area contributed by atoms with Crippen LogP contribution in [0, 0.1) is 0 Å². The summed E-state index contributed by atoms with van der Waals surface area (Å²) in [6.45, 7) is -0.397. The lowest BCUT2D eigenvalue weighted by Crippen LogP contribution is -2.39. The summed E-state index contributed by atoms with van der Waals surface area (Å²) in [5.41, 5.74) is -2.16. The van der Waals surface area contributed by atoms with E-state index in [4.69, 9.17) is 16.7 Å². The molecule has 4 nitrogen and oxygen atoms in total. The second-order valence-corrected chi connectivity index (χ2v) is 6.77. The smallest absolute Gasteiger partial charge is 0.394 e. The van der Waals surface area contributed by atoms with E-state index in [-0.39, 0.29) is 0 Å². The standard InChI is InChI=1S/C11H11ClF3NO3S/c12-9-2-1-7(5-8(9)11(13,14)15)20(18,19)16-10(6-17)3-4-10/h1-2,5,16-17H,3-4,6H2. The van der Waals surface area contributed by atoms with Crippen molar-refractivity contribution in [2.75, 3.05) is 6.61 Å². The molecule has 112 valence electrons. The maximum atomic E-state index is 12.7. The summed E-state index contributed by atoms with van der Waals surface area (Å²) in [7, 11) is -4.14. The fourth-order valence-corrected chi connectivity index (χ4v) is 3.38. The van der Waals surface area contributed by atoms with Crippen LogP contribution in [0.1, 0.15) is 18.4 Å². The first-order valence-electron chi connectivity index (χ1n) is 5.61. The maximum absolute atomic E-state index is 12.7. The summed E-state index contributed by atoms with van der Waals surface area (Å²) in [4.78, 5) is -0.533. The molecule has 1 saturated carbocycles. The summed E-state index contributed by atoms with van der Waals surface area (Å²) in [5.74, 6) is 0. The SMILES string of the molecule is O=S(=O)(NC1(CO)CC1)c1ccc(Cl)c(C(F)(F)F)c1. The molecule has 0 unspecified atom stereocenters. The molecule has 0 spiro atoms. The van der Waals surface area contributed by atoms with Gasteiger partial charge in [-0.15, -0.1) is 0 Å². The molecule has 1 aromatic carbocycles. The number of hydrogen-bond donors (Lipinski definition) is 2. The molecular formula is C11H11ClF3NO3S. The molecule has 0 aromatic heterocycles. The van der Waals surface area contributed by atoms with Gasteiger partial charge in [0.15, 0.2) is 0 Å². The first-order chi connectivity index (χ1) is 9.10. The van der Waals surface area contributed by atoms with Crippen LogP contribution in [0.2, 0.25) is 5.02 Å². The average Bonchev–Trinajstić information content (AvgIpc) is 3.07. The lowest BCUT2D eigenvalue weighted by molar-refractivity contribution is -0.137. The Labute approximate surface area is 118 Å². The summed E-state index contributed by atoms with van der Waals surface area (Å²) >= 11 is 5.43. The van der Waals surface area contributed by atoms with Gasteiger partial charge in [0.05, 0.1) is 27.6 Å². The van der Waals surface area contributed by atoms with Crippen LogP contribution in [-0.2, 0) is 16.2 Å². The van der Waals surface area contributed by atoms with Crippen molar-refractivity contribution in [3.8, 4) is 0 Å². The van der Waals surface area contributed by atoms with Crippen molar-refractivity contribution in [3.63, 3.8) is 0 Å². The van der Waals surface area contributed by atoms with E-state index in [2.05, 4.69) is 4.72 Å². The Hall–Kier alpha value is -0.830. The molecule has 1 aliphatic carbocycles. The highest BCUT2D eigenvalue weighted by Crippen LogP contribution is 2.38. The van der Waals surface area contributed by atoms with Gasteiger partial charge in [-0.3, -0.25) is 0 Å². The molecule has 0 bridgehead atoms. The molecule has 1 fully saturated rings. The van der Waals surface area contributed by atoms with Crippen LogP contribution in [0.5, 0.6) is 0 Å². The molecular weight excluding hydrogens is 319 g/mol. The van der Waals surface area contributed by atoms with Crippen LogP contribution >= 0.6 is 11.6 Å². The maximum Gasteiger partial charge on any atom is 0.417 e. The third-order valence-electron chi connectivity index (χ3n) is 3.06. The molecule has 0 heterocycles. The molecule has 2 rings (SSSR count). The third kappa shape index (κ3) is 3.08. The summed E-state index contributed by atoms with van der Waals surface area (Å²) in [5, 5.41) is 8.50. The Morgan fingerprint density at radius 1 is 1.35 bits per heavy atom. The van der Waals surface area contributed by atoms with E-state index < -0.39 is 43.8 Å². The summed E-state index contributed by atoms with van der Waals surface area (Å²) < 4.78 is 64.3. The molecule has 0 saturated heterocycles. The van der Waals surface area contributed by atoms with Crippen molar-refractivity contribution in [1.29, 1.82) is 0 Å². The molecule has 0 atom stereocenters. The van der Waals surface area contributed by atoms with Crippen LogP contribution in [0.15, 0.2) is 23.1 Å². The van der Waals surface area contributed by atoms with Gasteiger partial charge in [0, 0.05) is 0 Å². The van der Waals surface area contributed by atoms with Gasteiger partial charge in [-0.25, -0.2) is 13.1 Å². The minimum Gasteiger partial charge on any atom is -0.394 e. The van der Waals surface area contributed by atoms with Crippen molar-refractivity contribution in [3.05, 3.63) is 28.8 Å². The van der Waals surface area contributed by atoms with Crippen LogP contribution < -0.4 is 4.72 Å². The number of hydrogen-bond acceptors (Lipinski definition) is 3. The molecule has 20 heavy (non-hydrogen) atoms. The fraction of sp³-hybridized carbons (Fsp3) is 0.455. The zero-order valence-corrected chi connectivity index (χ0v) is 11.6. The number of alkyl halides is 3. The molecule has 1 aliphatic rings. The number of benzene rings is 1. The Morgan fingerprint density at radius 2 is 1.95 bits per heavy atom. The second kappa shape index (κ2) is 4.87. The number of halogens is 4. The van der Waals surface area contributed by atoms with Gasteiger partial charge in [0.25, 0.3) is 0 Å². The molecule has 1 aromatic rings. The highest BCUT2D eigenvalue weighted by molar-refractivity contribution is 7.89. The van der Waals surface area contributed by atoms with Gasteiger partial charge < -0.3 is 5.11 Å². The van der Waals surface area contributed by atoms with Gasteiger partial charge in [-0.05, 0) is 31.0 Å². The summed E-state index contributed by atoms with van der Waals surface area (Å²) in [6, 6.07) is 2.36. The zero-order valence-electron chi connectivity index (χ0n) is 10.0. The number of aliphatic hydroxyl groups is 1. The van der Waals surface area contributed by atoms with E-state index in [1.165, 1.54) is 0 Å². The van der Waals surface area contributed by atoms with Crippen molar-refractivity contribution in [1.82, 2.24) is 4.72 Å². The van der Waals surface area contributed by atoms with Crippen LogP contribution in [0.3, 0.4) is 0 Å². The molecule has 2 N–H and O–H groups in total. The van der Waals surface area contributed by atoms with Gasteiger partial charge in [0.2, 0.25) is 10.0 Å². The second-order valence-electron chi connectivity index (χ2n) is 4.68. The predicted octanol–water partition coefficient (Wildman–Crippen LogP) is 2.16. The molecule has 9 heteroatoms. The molecule has 0 aliphatic heterocycles. The van der Waals surface area contributed by atoms with Gasteiger partial charge in [0.1, 0.15) is 0 Å². The lowest BCUT2D eigenvalue weighted by atomic mass is 10.2. The number of rotatable bonds is 4. The van der Waals surface area contributed by atoms with E-state index in [0.29, 0.717) is 18.9 Å². The Balaban J connectivity index is 2.38. The summed E-state index contributed by atoms with van der Waals surface area (Å²) in [6.07, 6.45) is -3.85. The number of nitrogens with one attached hydrogen (secondary N) is 1. The van der Waals surface area contributed by atoms with E-state index in [1.807, 2.05) is 0 Å². The fourth-order valence-electron chi connectivity index (χ4n) is 1.68. The first kappa shape index (κ1) is 15.6. The zero-order chi connectivity index (χ0) is 15.2. The lowest BCUT2D eigenvalue weighted by Gasteiger charge is -2.16. The van der Waals surface area contributed by atoms with Crippen LogP contribution in [-0.4, -0.2) is 25.7 Å². The minimum absolute atomic E-state index is 0.397. The number of sulfonamides is 1. The van der Waals surface area contributed by atoms with Crippen molar-refractivity contribution >= 4 is 21.6 Å². The van der Waals surface area contributed by atoms with Gasteiger partial charge >= 0.3 is 6.18 Å². The Bertz CT molecular complexity index is 626. The quantitative estimate of drug-likeness (QED) is 0.889. The largest absolute Gasteiger partial charge is 0.417 e. The average molecular weight is 330 g/mol. The van der Waals surface area contributed by atoms with E-state index >= 15 is 0 Å². The van der Waals surface area contributed by atoms with E-state index in [0.717, 1.165) is 12.1 Å². The number of aliphatic hydroxyl groups excluding tert-OH is 1. The van der Waals surface area contributed by atoms with Gasteiger partial charge in [-0.2, -0.15) is 13.2 Å². The highest BCUT2D eigenvalue weighted by atomic mass is 35.5. The predicted molar refractivity (Wildman–Crippen MR) is 65.8 cm³/mol. The van der Waals surface area contributed by atoms with Crippen molar-refractivity contribution in [2.24, 2.45) is 0 Å². The Morgan fingerprint density at radius 3 is 2.40 bits per heavy atom. The normalized spacial score (nSPS) is 18.1. The van der Waals surface area contributed by atoms with E-state index in [9.17, 15) is 21.6 Å². The monoisotopic (exact) mass is 329 g/mol. The molecule has 0 radical (unpaired) electrons. The third-order valence-corrected chi connectivity index (χ3v) is 4.97. The van der Waals surface area contributed by atoms with Crippen molar-refractivity contribution in [2.45, 2.75) is 29.5 Å².